The molecule has 5 nitrogen and oxygen atoms in total. The molecule has 0 saturated carbocycles. The third-order valence-corrected chi connectivity index (χ3v) is 3.11. The monoisotopic (exact) mass is 282 g/mol. The highest BCUT2D eigenvalue weighted by molar-refractivity contribution is 5.63. The van der Waals surface area contributed by atoms with Crippen molar-refractivity contribution in [1.82, 2.24) is 0 Å². The first-order valence-electron chi connectivity index (χ1n) is 6.59. The molecule has 1 aliphatic heterocycles. The molecule has 0 aromatic heterocycles. The smallest absolute Gasteiger partial charge is 0.165 e. The lowest BCUT2D eigenvalue weighted by atomic mass is 10.1. The number of nitriles is 1. The Morgan fingerprint density at radius 2 is 1.76 bits per heavy atom. The van der Waals surface area contributed by atoms with Crippen molar-refractivity contribution in [1.29, 1.82) is 5.26 Å². The molecule has 0 bridgehead atoms. The molecule has 5 heteroatoms. The highest BCUT2D eigenvalue weighted by atomic mass is 16.6. The molecule has 0 aliphatic carbocycles. The topological polar surface area (TPSA) is 77.5 Å². The molecule has 0 unspecified atom stereocenters. The van der Waals surface area contributed by atoms with Gasteiger partial charge in [0.2, 0.25) is 0 Å². The number of hydrogen-bond donors (Lipinski definition) is 1. The van der Waals surface area contributed by atoms with Crippen molar-refractivity contribution in [3.63, 3.8) is 0 Å². The van der Waals surface area contributed by atoms with Crippen LogP contribution in [0.2, 0.25) is 0 Å². The zero-order valence-electron chi connectivity index (χ0n) is 11.3. The van der Waals surface area contributed by atoms with Crippen molar-refractivity contribution >= 4 is 5.69 Å². The second-order valence-electron chi connectivity index (χ2n) is 4.61. The molecule has 0 amide bonds. The number of nitrogen functional groups attached to an aromatic ring is 1. The van der Waals surface area contributed by atoms with Gasteiger partial charge in [0.15, 0.2) is 17.2 Å². The van der Waals surface area contributed by atoms with E-state index in [0.717, 1.165) is 5.56 Å². The van der Waals surface area contributed by atoms with Crippen LogP contribution in [-0.2, 0) is 6.42 Å². The largest absolute Gasteiger partial charge is 0.486 e. The first-order valence-corrected chi connectivity index (χ1v) is 6.59. The van der Waals surface area contributed by atoms with Gasteiger partial charge in [-0.25, -0.2) is 0 Å². The third kappa shape index (κ3) is 2.84. The average molecular weight is 282 g/mol. The summed E-state index contributed by atoms with van der Waals surface area (Å²) in [5.41, 5.74) is 7.40. The quantitative estimate of drug-likeness (QED) is 0.876. The van der Waals surface area contributed by atoms with Gasteiger partial charge in [-0.2, -0.15) is 5.26 Å². The SMILES string of the molecule is N#CCc1ccc(Oc2cc3c(cc2N)OCCO3)cc1. The maximum absolute atomic E-state index is 8.65. The molecular formula is C16H14N2O3. The van der Waals surface area contributed by atoms with Crippen molar-refractivity contribution < 1.29 is 14.2 Å². The van der Waals surface area contributed by atoms with Crippen molar-refractivity contribution in [3.05, 3.63) is 42.0 Å². The summed E-state index contributed by atoms with van der Waals surface area (Å²) in [6.45, 7) is 1.03. The minimum Gasteiger partial charge on any atom is -0.486 e. The van der Waals surface area contributed by atoms with E-state index in [1.807, 2.05) is 24.3 Å². The standard InChI is InChI=1S/C16H14N2O3/c17-6-5-11-1-3-12(4-2-11)21-14-10-16-15(9-13(14)18)19-7-8-20-16/h1-4,9-10H,5,7-8,18H2. The van der Waals surface area contributed by atoms with Crippen LogP contribution in [0, 0.1) is 11.3 Å². The molecule has 0 radical (unpaired) electrons. The fraction of sp³-hybridized carbons (Fsp3) is 0.188. The Bertz CT molecular complexity index is 690. The van der Waals surface area contributed by atoms with Crippen molar-refractivity contribution in [2.75, 3.05) is 18.9 Å². The third-order valence-electron chi connectivity index (χ3n) is 3.11. The molecule has 0 spiro atoms. The van der Waals surface area contributed by atoms with E-state index >= 15 is 0 Å². The summed E-state index contributed by atoms with van der Waals surface area (Å²) >= 11 is 0. The zero-order chi connectivity index (χ0) is 14.7. The molecule has 21 heavy (non-hydrogen) atoms. The fourth-order valence-corrected chi connectivity index (χ4v) is 2.07. The summed E-state index contributed by atoms with van der Waals surface area (Å²) in [7, 11) is 0. The molecule has 2 aromatic carbocycles. The van der Waals surface area contributed by atoms with E-state index in [1.54, 1.807) is 12.1 Å². The number of nitrogens with zero attached hydrogens (tertiary/aromatic N) is 1. The lowest BCUT2D eigenvalue weighted by Crippen LogP contribution is -2.15. The van der Waals surface area contributed by atoms with Gasteiger partial charge in [-0.1, -0.05) is 12.1 Å². The summed E-state index contributed by atoms with van der Waals surface area (Å²) in [5, 5.41) is 8.65. The van der Waals surface area contributed by atoms with E-state index in [-0.39, 0.29) is 0 Å². The molecule has 106 valence electrons. The van der Waals surface area contributed by atoms with Gasteiger partial charge in [0.25, 0.3) is 0 Å². The van der Waals surface area contributed by atoms with Gasteiger partial charge in [-0.05, 0) is 17.7 Å². The van der Waals surface area contributed by atoms with Gasteiger partial charge in [-0.3, -0.25) is 0 Å². The Morgan fingerprint density at radius 1 is 1.10 bits per heavy atom. The van der Waals surface area contributed by atoms with E-state index in [0.29, 0.717) is 48.3 Å². The maximum atomic E-state index is 8.65. The number of ether oxygens (including phenoxy) is 3. The molecule has 3 rings (SSSR count). The highest BCUT2D eigenvalue weighted by Crippen LogP contribution is 2.39. The van der Waals surface area contributed by atoms with Crippen LogP contribution in [-0.4, -0.2) is 13.2 Å². The Labute approximate surface area is 122 Å². The number of fused-ring (bicyclic) bond motifs is 1. The highest BCUT2D eigenvalue weighted by Gasteiger charge is 2.15. The summed E-state index contributed by atoms with van der Waals surface area (Å²) in [4.78, 5) is 0. The lowest BCUT2D eigenvalue weighted by molar-refractivity contribution is 0.171. The molecule has 2 N–H and O–H groups in total. The van der Waals surface area contributed by atoms with Crippen molar-refractivity contribution in [2.45, 2.75) is 6.42 Å². The predicted molar refractivity (Wildman–Crippen MR) is 77.7 cm³/mol. The normalized spacial score (nSPS) is 12.5. The van der Waals surface area contributed by atoms with Gasteiger partial charge >= 0.3 is 0 Å². The van der Waals surface area contributed by atoms with E-state index in [4.69, 9.17) is 25.2 Å². The van der Waals surface area contributed by atoms with Crippen molar-refractivity contribution in [3.8, 4) is 29.1 Å². The number of rotatable bonds is 3. The van der Waals surface area contributed by atoms with E-state index in [9.17, 15) is 0 Å². The predicted octanol–water partition coefficient (Wildman–Crippen LogP) is 2.90. The van der Waals surface area contributed by atoms with Gasteiger partial charge in [0.05, 0.1) is 18.2 Å². The molecule has 1 heterocycles. The van der Waals surface area contributed by atoms with Crippen LogP contribution < -0.4 is 19.9 Å². The molecule has 0 saturated heterocycles. The summed E-state index contributed by atoms with van der Waals surface area (Å²) < 4.78 is 16.7. The molecule has 2 aromatic rings. The number of benzene rings is 2. The van der Waals surface area contributed by atoms with Crippen LogP contribution in [0.1, 0.15) is 5.56 Å². The second kappa shape index (κ2) is 5.63. The number of nitrogens with two attached hydrogens (primary N) is 1. The van der Waals surface area contributed by atoms with Gasteiger partial charge in [0, 0.05) is 12.1 Å². The summed E-state index contributed by atoms with van der Waals surface area (Å²) in [6, 6.07) is 12.9. The van der Waals surface area contributed by atoms with E-state index in [2.05, 4.69) is 6.07 Å². The molecular weight excluding hydrogens is 268 g/mol. The van der Waals surface area contributed by atoms with Crippen LogP contribution >= 0.6 is 0 Å². The molecule has 0 atom stereocenters. The van der Waals surface area contributed by atoms with E-state index in [1.165, 1.54) is 0 Å². The van der Waals surface area contributed by atoms with Crippen LogP contribution in [0.25, 0.3) is 0 Å². The fourth-order valence-electron chi connectivity index (χ4n) is 2.07. The second-order valence-corrected chi connectivity index (χ2v) is 4.61. The molecule has 0 fully saturated rings. The minimum atomic E-state index is 0.381. The lowest BCUT2D eigenvalue weighted by Gasteiger charge is -2.20. The van der Waals surface area contributed by atoms with E-state index < -0.39 is 0 Å². The Kier molecular flexibility index (Phi) is 3.52. The molecule has 1 aliphatic rings. The van der Waals surface area contributed by atoms with Crippen LogP contribution in [0.15, 0.2) is 36.4 Å². The Balaban J connectivity index is 1.82. The first-order chi connectivity index (χ1) is 10.3. The van der Waals surface area contributed by atoms with Crippen molar-refractivity contribution in [2.24, 2.45) is 0 Å². The van der Waals surface area contributed by atoms with Gasteiger partial charge in [0.1, 0.15) is 19.0 Å². The zero-order valence-corrected chi connectivity index (χ0v) is 11.3. The van der Waals surface area contributed by atoms with Gasteiger partial charge < -0.3 is 19.9 Å². The minimum absolute atomic E-state index is 0.381. The summed E-state index contributed by atoms with van der Waals surface area (Å²) in [5.74, 6) is 2.44. The Hall–Kier alpha value is -2.87. The number of anilines is 1. The maximum Gasteiger partial charge on any atom is 0.165 e. The van der Waals surface area contributed by atoms with Crippen LogP contribution in [0.4, 0.5) is 5.69 Å². The van der Waals surface area contributed by atoms with Crippen LogP contribution in [0.3, 0.4) is 0 Å². The summed E-state index contributed by atoms with van der Waals surface area (Å²) in [6.07, 6.45) is 0.381. The Morgan fingerprint density at radius 3 is 2.43 bits per heavy atom. The first kappa shape index (κ1) is 13.1. The average Bonchev–Trinajstić information content (AvgIpc) is 2.50. The van der Waals surface area contributed by atoms with Crippen LogP contribution in [0.5, 0.6) is 23.0 Å². The van der Waals surface area contributed by atoms with Gasteiger partial charge in [-0.15, -0.1) is 0 Å². The number of hydrogen-bond acceptors (Lipinski definition) is 5.